The van der Waals surface area contributed by atoms with Gasteiger partial charge >= 0.3 is 0 Å². The molecule has 3 unspecified atom stereocenters. The van der Waals surface area contributed by atoms with E-state index in [-0.39, 0.29) is 24.1 Å². The molecule has 1 saturated heterocycles. The topological polar surface area (TPSA) is 80.5 Å². The highest BCUT2D eigenvalue weighted by molar-refractivity contribution is 7.90. The second-order valence-corrected chi connectivity index (χ2v) is 7.96. The molecule has 0 radical (unpaired) electrons. The van der Waals surface area contributed by atoms with Gasteiger partial charge in [0, 0.05) is 31.8 Å². The molecule has 18 heavy (non-hydrogen) atoms. The van der Waals surface area contributed by atoms with E-state index in [0.717, 1.165) is 25.8 Å². The SMILES string of the molecule is CS(=O)(=O)CCC(=O)N1CC2CCCC(N)C2C1. The zero-order valence-electron chi connectivity index (χ0n) is 10.8. The molecule has 6 heteroatoms. The highest BCUT2D eigenvalue weighted by atomic mass is 32.2. The summed E-state index contributed by atoms with van der Waals surface area (Å²) >= 11 is 0. The fraction of sp³-hybridized carbons (Fsp3) is 0.917. The van der Waals surface area contributed by atoms with Crippen LogP contribution in [0.5, 0.6) is 0 Å². The van der Waals surface area contributed by atoms with E-state index in [1.807, 2.05) is 4.90 Å². The molecule has 2 aliphatic rings. The Balaban J connectivity index is 1.90. The largest absolute Gasteiger partial charge is 0.342 e. The number of likely N-dealkylation sites (tertiary alicyclic amines) is 1. The van der Waals surface area contributed by atoms with Crippen molar-refractivity contribution in [1.29, 1.82) is 0 Å². The summed E-state index contributed by atoms with van der Waals surface area (Å²) in [5, 5.41) is 0. The molecule has 2 rings (SSSR count). The summed E-state index contributed by atoms with van der Waals surface area (Å²) in [6, 6.07) is 0.205. The van der Waals surface area contributed by atoms with Crippen molar-refractivity contribution in [2.45, 2.75) is 31.7 Å². The van der Waals surface area contributed by atoms with E-state index < -0.39 is 9.84 Å². The van der Waals surface area contributed by atoms with Gasteiger partial charge in [-0.1, -0.05) is 6.42 Å². The maximum absolute atomic E-state index is 12.0. The molecule has 104 valence electrons. The standard InChI is InChI=1S/C12H22N2O3S/c1-18(16,17)6-5-12(15)14-7-9-3-2-4-11(13)10(9)8-14/h9-11H,2-8,13H2,1H3. The molecule has 1 amide bonds. The number of amides is 1. The maximum Gasteiger partial charge on any atom is 0.223 e. The number of sulfone groups is 1. The first-order valence-electron chi connectivity index (χ1n) is 6.58. The van der Waals surface area contributed by atoms with Crippen LogP contribution in [0.1, 0.15) is 25.7 Å². The molecule has 0 spiro atoms. The Labute approximate surface area is 109 Å². The Hall–Kier alpha value is -0.620. The molecule has 5 nitrogen and oxygen atoms in total. The Bertz CT molecular complexity index is 421. The molecule has 2 fully saturated rings. The molecule has 1 saturated carbocycles. The number of nitrogens with two attached hydrogens (primary N) is 1. The van der Waals surface area contributed by atoms with Crippen LogP contribution in [0.25, 0.3) is 0 Å². The number of rotatable bonds is 3. The summed E-state index contributed by atoms with van der Waals surface area (Å²) in [7, 11) is -3.06. The van der Waals surface area contributed by atoms with Crippen LogP contribution in [0.4, 0.5) is 0 Å². The van der Waals surface area contributed by atoms with Crippen molar-refractivity contribution in [2.24, 2.45) is 17.6 Å². The summed E-state index contributed by atoms with van der Waals surface area (Å²) in [5.74, 6) is 0.850. The van der Waals surface area contributed by atoms with Crippen LogP contribution >= 0.6 is 0 Å². The first kappa shape index (κ1) is 13.8. The summed E-state index contributed by atoms with van der Waals surface area (Å²) in [6.07, 6.45) is 4.61. The molecule has 3 atom stereocenters. The zero-order valence-corrected chi connectivity index (χ0v) is 11.7. The van der Waals surface area contributed by atoms with E-state index in [9.17, 15) is 13.2 Å². The number of carbonyl (C=O) groups is 1. The quantitative estimate of drug-likeness (QED) is 0.786. The summed E-state index contributed by atoms with van der Waals surface area (Å²) < 4.78 is 22.1. The second kappa shape index (κ2) is 5.17. The van der Waals surface area contributed by atoms with Crippen LogP contribution in [0, 0.1) is 11.8 Å². The van der Waals surface area contributed by atoms with Crippen LogP contribution in [-0.2, 0) is 14.6 Å². The Kier molecular flexibility index (Phi) is 3.96. The van der Waals surface area contributed by atoms with Gasteiger partial charge in [-0.05, 0) is 24.7 Å². The van der Waals surface area contributed by atoms with Crippen LogP contribution in [0.3, 0.4) is 0 Å². The van der Waals surface area contributed by atoms with Gasteiger partial charge in [0.1, 0.15) is 9.84 Å². The van der Waals surface area contributed by atoms with E-state index in [0.29, 0.717) is 18.4 Å². The van der Waals surface area contributed by atoms with Crippen molar-refractivity contribution in [3.8, 4) is 0 Å². The van der Waals surface area contributed by atoms with Crippen LogP contribution in [0.15, 0.2) is 0 Å². The fourth-order valence-electron chi connectivity index (χ4n) is 3.15. The number of hydrogen-bond acceptors (Lipinski definition) is 4. The second-order valence-electron chi connectivity index (χ2n) is 5.70. The molecule has 0 aromatic rings. The van der Waals surface area contributed by atoms with Gasteiger partial charge in [-0.15, -0.1) is 0 Å². The van der Waals surface area contributed by atoms with Crippen molar-refractivity contribution in [3.05, 3.63) is 0 Å². The lowest BCUT2D eigenvalue weighted by atomic mass is 9.78. The minimum Gasteiger partial charge on any atom is -0.342 e. The third-order valence-electron chi connectivity index (χ3n) is 4.19. The number of fused-ring (bicyclic) bond motifs is 1. The first-order valence-corrected chi connectivity index (χ1v) is 8.64. The zero-order chi connectivity index (χ0) is 13.3. The van der Waals surface area contributed by atoms with Gasteiger partial charge in [-0.3, -0.25) is 4.79 Å². The highest BCUT2D eigenvalue weighted by Crippen LogP contribution is 2.35. The molecular weight excluding hydrogens is 252 g/mol. The van der Waals surface area contributed by atoms with Crippen LogP contribution in [0.2, 0.25) is 0 Å². The maximum atomic E-state index is 12.0. The molecule has 1 heterocycles. The number of hydrogen-bond donors (Lipinski definition) is 1. The van der Waals surface area contributed by atoms with Crippen molar-refractivity contribution in [2.75, 3.05) is 25.1 Å². The van der Waals surface area contributed by atoms with E-state index >= 15 is 0 Å². The molecule has 2 N–H and O–H groups in total. The van der Waals surface area contributed by atoms with Gasteiger partial charge in [0.05, 0.1) is 5.75 Å². The predicted octanol–water partition coefficient (Wildman–Crippen LogP) is 0.00690. The van der Waals surface area contributed by atoms with Gasteiger partial charge in [-0.25, -0.2) is 8.42 Å². The van der Waals surface area contributed by atoms with Crippen molar-refractivity contribution in [3.63, 3.8) is 0 Å². The van der Waals surface area contributed by atoms with E-state index in [2.05, 4.69) is 0 Å². The lowest BCUT2D eigenvalue weighted by Gasteiger charge is -2.29. The van der Waals surface area contributed by atoms with Crippen molar-refractivity contribution in [1.82, 2.24) is 4.90 Å². The summed E-state index contributed by atoms with van der Waals surface area (Å²) in [6.45, 7) is 1.48. The van der Waals surface area contributed by atoms with Crippen molar-refractivity contribution >= 4 is 15.7 Å². The lowest BCUT2D eigenvalue weighted by Crippen LogP contribution is -2.38. The molecule has 1 aliphatic heterocycles. The van der Waals surface area contributed by atoms with E-state index in [1.54, 1.807) is 0 Å². The van der Waals surface area contributed by atoms with Gasteiger partial charge in [0.15, 0.2) is 0 Å². The van der Waals surface area contributed by atoms with Crippen LogP contribution in [-0.4, -0.2) is 50.4 Å². The van der Waals surface area contributed by atoms with Crippen molar-refractivity contribution < 1.29 is 13.2 Å². The van der Waals surface area contributed by atoms with Gasteiger partial charge in [0.25, 0.3) is 0 Å². The minimum absolute atomic E-state index is 0.0398. The minimum atomic E-state index is -3.06. The summed E-state index contributed by atoms with van der Waals surface area (Å²) in [4.78, 5) is 13.8. The van der Waals surface area contributed by atoms with Gasteiger partial charge in [0.2, 0.25) is 5.91 Å². The smallest absolute Gasteiger partial charge is 0.223 e. The number of nitrogens with zero attached hydrogens (tertiary/aromatic N) is 1. The molecule has 0 aromatic carbocycles. The molecule has 1 aliphatic carbocycles. The highest BCUT2D eigenvalue weighted by Gasteiger charge is 2.40. The van der Waals surface area contributed by atoms with E-state index in [4.69, 9.17) is 5.73 Å². The molecule has 0 aromatic heterocycles. The Morgan fingerprint density at radius 2 is 2.06 bits per heavy atom. The first-order chi connectivity index (χ1) is 8.37. The van der Waals surface area contributed by atoms with E-state index in [1.165, 1.54) is 6.26 Å². The Morgan fingerprint density at radius 1 is 1.33 bits per heavy atom. The number of carbonyl (C=O) groups excluding carboxylic acids is 1. The lowest BCUT2D eigenvalue weighted by molar-refractivity contribution is -0.129. The monoisotopic (exact) mass is 274 g/mol. The fourth-order valence-corrected chi connectivity index (χ4v) is 3.70. The average Bonchev–Trinajstić information content (AvgIpc) is 2.70. The average molecular weight is 274 g/mol. The molecular formula is C12H22N2O3S. The Morgan fingerprint density at radius 3 is 2.67 bits per heavy atom. The van der Waals surface area contributed by atoms with Crippen LogP contribution < -0.4 is 5.73 Å². The predicted molar refractivity (Wildman–Crippen MR) is 69.7 cm³/mol. The normalized spacial score (nSPS) is 32.3. The van der Waals surface area contributed by atoms with Gasteiger partial charge in [-0.2, -0.15) is 0 Å². The molecule has 0 bridgehead atoms. The summed E-state index contributed by atoms with van der Waals surface area (Å²) in [5.41, 5.74) is 6.09. The third kappa shape index (κ3) is 3.23. The van der Waals surface area contributed by atoms with Gasteiger partial charge < -0.3 is 10.6 Å². The third-order valence-corrected chi connectivity index (χ3v) is 5.14.